The molecule has 0 aliphatic carbocycles. The Morgan fingerprint density at radius 1 is 0.938 bits per heavy atom. The highest BCUT2D eigenvalue weighted by atomic mass is 16.4. The number of carboxylic acid groups (broad SMARTS) is 2. The van der Waals surface area contributed by atoms with Crippen molar-refractivity contribution in [3.05, 3.63) is 65.7 Å². The second-order valence-electron chi connectivity index (χ2n) is 9.07. The largest absolute Gasteiger partial charge is 0.481 e. The van der Waals surface area contributed by atoms with Crippen molar-refractivity contribution in [3.8, 4) is 0 Å². The molecule has 4 N–H and O–H groups in total. The molecule has 7 heteroatoms. The van der Waals surface area contributed by atoms with Gasteiger partial charge in [-0.1, -0.05) is 51.1 Å². The molecule has 0 bridgehead atoms. The fourth-order valence-corrected chi connectivity index (χ4v) is 3.53. The number of nitrogens with one attached hydrogen (secondary N) is 2. The van der Waals surface area contributed by atoms with Gasteiger partial charge in [0.25, 0.3) is 0 Å². The van der Waals surface area contributed by atoms with Gasteiger partial charge in [0.05, 0.1) is 11.6 Å². The molecule has 0 aliphatic heterocycles. The molecule has 2 aromatic carbocycles. The molecule has 2 aromatic rings. The predicted molar refractivity (Wildman–Crippen MR) is 124 cm³/mol. The zero-order valence-electron chi connectivity index (χ0n) is 18.8. The molecule has 0 aliphatic rings. The Morgan fingerprint density at radius 2 is 1.56 bits per heavy atom. The van der Waals surface area contributed by atoms with Crippen LogP contribution in [0.2, 0.25) is 0 Å². The Labute approximate surface area is 188 Å². The maximum Gasteiger partial charge on any atom is 0.335 e. The van der Waals surface area contributed by atoms with Crippen LogP contribution in [0.3, 0.4) is 0 Å². The van der Waals surface area contributed by atoms with Gasteiger partial charge in [-0.3, -0.25) is 9.59 Å². The Balaban J connectivity index is 2.03. The third-order valence-corrected chi connectivity index (χ3v) is 5.29. The van der Waals surface area contributed by atoms with E-state index in [1.165, 1.54) is 12.1 Å². The molecule has 2 unspecified atom stereocenters. The first-order valence-corrected chi connectivity index (χ1v) is 10.7. The molecule has 0 heterocycles. The number of amides is 1. The SMILES string of the molecule is CC(C)(C)C(NCC(CCc1ccccc1)CC(=O)O)C(=O)Nc1ccc(C(=O)O)cc1. The van der Waals surface area contributed by atoms with Crippen molar-refractivity contribution in [1.82, 2.24) is 5.32 Å². The van der Waals surface area contributed by atoms with E-state index >= 15 is 0 Å². The zero-order chi connectivity index (χ0) is 23.7. The fraction of sp³-hybridized carbons (Fsp3) is 0.400. The molecule has 0 aromatic heterocycles. The maximum absolute atomic E-state index is 13.0. The van der Waals surface area contributed by atoms with E-state index in [0.717, 1.165) is 12.0 Å². The zero-order valence-corrected chi connectivity index (χ0v) is 18.8. The highest BCUT2D eigenvalue weighted by Crippen LogP contribution is 2.22. The Bertz CT molecular complexity index is 904. The minimum absolute atomic E-state index is 0.0228. The quantitative estimate of drug-likeness (QED) is 0.419. The lowest BCUT2D eigenvalue weighted by molar-refractivity contribution is -0.138. The van der Waals surface area contributed by atoms with E-state index in [2.05, 4.69) is 10.6 Å². The number of hydrogen-bond acceptors (Lipinski definition) is 4. The molecular formula is C25H32N2O5. The van der Waals surface area contributed by atoms with Crippen LogP contribution in [-0.4, -0.2) is 40.6 Å². The number of benzene rings is 2. The van der Waals surface area contributed by atoms with Crippen molar-refractivity contribution in [1.29, 1.82) is 0 Å². The van der Waals surface area contributed by atoms with Crippen LogP contribution >= 0.6 is 0 Å². The lowest BCUT2D eigenvalue weighted by Crippen LogP contribution is -2.50. The first kappa shape index (κ1) is 25.1. The van der Waals surface area contributed by atoms with Gasteiger partial charge in [0.2, 0.25) is 5.91 Å². The molecular weight excluding hydrogens is 408 g/mol. The van der Waals surface area contributed by atoms with Gasteiger partial charge < -0.3 is 20.8 Å². The molecule has 0 spiro atoms. The summed E-state index contributed by atoms with van der Waals surface area (Å²) < 4.78 is 0. The Kier molecular flexibility index (Phi) is 8.96. The van der Waals surface area contributed by atoms with Crippen molar-refractivity contribution < 1.29 is 24.6 Å². The number of aryl methyl sites for hydroxylation is 1. The Hall–Kier alpha value is -3.19. The number of carbonyl (C=O) groups excluding carboxylic acids is 1. The highest BCUT2D eigenvalue weighted by molar-refractivity contribution is 5.96. The van der Waals surface area contributed by atoms with Crippen LogP contribution in [0.25, 0.3) is 0 Å². The molecule has 2 rings (SSSR count). The van der Waals surface area contributed by atoms with Gasteiger partial charge >= 0.3 is 11.9 Å². The molecule has 2 atom stereocenters. The molecule has 0 saturated heterocycles. The van der Waals surface area contributed by atoms with E-state index in [1.807, 2.05) is 51.1 Å². The molecule has 172 valence electrons. The van der Waals surface area contributed by atoms with Gasteiger partial charge in [-0.05, 0) is 60.5 Å². The number of aromatic carboxylic acids is 1. The first-order chi connectivity index (χ1) is 15.1. The number of hydrogen-bond donors (Lipinski definition) is 4. The number of aliphatic carboxylic acids is 1. The van der Waals surface area contributed by atoms with Crippen LogP contribution in [0.1, 0.15) is 49.5 Å². The van der Waals surface area contributed by atoms with Crippen molar-refractivity contribution in [3.63, 3.8) is 0 Å². The fourth-order valence-electron chi connectivity index (χ4n) is 3.53. The predicted octanol–water partition coefficient (Wildman–Crippen LogP) is 4.05. The summed E-state index contributed by atoms with van der Waals surface area (Å²) in [5.74, 6) is -2.27. The third kappa shape index (κ3) is 8.15. The van der Waals surface area contributed by atoms with E-state index < -0.39 is 23.4 Å². The van der Waals surface area contributed by atoms with Crippen LogP contribution in [0.5, 0.6) is 0 Å². The van der Waals surface area contributed by atoms with Crippen LogP contribution in [0.15, 0.2) is 54.6 Å². The van der Waals surface area contributed by atoms with E-state index in [9.17, 15) is 19.5 Å². The summed E-state index contributed by atoms with van der Waals surface area (Å²) in [6.45, 7) is 6.21. The molecule has 32 heavy (non-hydrogen) atoms. The summed E-state index contributed by atoms with van der Waals surface area (Å²) in [4.78, 5) is 35.4. The smallest absolute Gasteiger partial charge is 0.335 e. The molecule has 0 saturated carbocycles. The number of carbonyl (C=O) groups is 3. The summed E-state index contributed by atoms with van der Waals surface area (Å²) in [7, 11) is 0. The van der Waals surface area contributed by atoms with Gasteiger partial charge in [-0.2, -0.15) is 0 Å². The average molecular weight is 441 g/mol. The van der Waals surface area contributed by atoms with Crippen LogP contribution in [-0.2, 0) is 16.0 Å². The Morgan fingerprint density at radius 3 is 2.09 bits per heavy atom. The number of anilines is 1. The molecule has 7 nitrogen and oxygen atoms in total. The van der Waals surface area contributed by atoms with Crippen LogP contribution in [0.4, 0.5) is 5.69 Å². The first-order valence-electron chi connectivity index (χ1n) is 10.7. The van der Waals surface area contributed by atoms with Crippen LogP contribution in [0, 0.1) is 11.3 Å². The molecule has 0 radical (unpaired) electrons. The van der Waals surface area contributed by atoms with E-state index in [1.54, 1.807) is 12.1 Å². The van der Waals surface area contributed by atoms with Crippen molar-refractivity contribution in [2.24, 2.45) is 11.3 Å². The van der Waals surface area contributed by atoms with E-state index in [0.29, 0.717) is 18.7 Å². The van der Waals surface area contributed by atoms with E-state index in [4.69, 9.17) is 5.11 Å². The average Bonchev–Trinajstić information content (AvgIpc) is 2.71. The van der Waals surface area contributed by atoms with Gasteiger partial charge in [0.1, 0.15) is 0 Å². The monoisotopic (exact) mass is 440 g/mol. The second-order valence-corrected chi connectivity index (χ2v) is 9.07. The topological polar surface area (TPSA) is 116 Å². The van der Waals surface area contributed by atoms with Crippen molar-refractivity contribution in [2.75, 3.05) is 11.9 Å². The standard InChI is InChI=1S/C25H32N2O5/c1-25(2,3)22(23(30)27-20-13-11-19(12-14-20)24(31)32)26-16-18(15-21(28)29)10-9-17-7-5-4-6-8-17/h4-8,11-14,18,22,26H,9-10,15-16H2,1-3H3,(H,27,30)(H,28,29)(H,31,32). The summed E-state index contributed by atoms with van der Waals surface area (Å²) in [6, 6.07) is 15.3. The number of rotatable bonds is 11. The second kappa shape index (κ2) is 11.4. The van der Waals surface area contributed by atoms with E-state index in [-0.39, 0.29) is 23.8 Å². The van der Waals surface area contributed by atoms with Crippen LogP contribution < -0.4 is 10.6 Å². The summed E-state index contributed by atoms with van der Waals surface area (Å²) in [5, 5.41) is 24.4. The number of carboxylic acids is 2. The lowest BCUT2D eigenvalue weighted by Gasteiger charge is -2.32. The van der Waals surface area contributed by atoms with Gasteiger partial charge in [0, 0.05) is 12.1 Å². The maximum atomic E-state index is 13.0. The van der Waals surface area contributed by atoms with Crippen molar-refractivity contribution >= 4 is 23.5 Å². The summed E-state index contributed by atoms with van der Waals surface area (Å²) in [5.41, 5.74) is 1.38. The minimum atomic E-state index is -1.03. The van der Waals surface area contributed by atoms with Crippen molar-refractivity contribution in [2.45, 2.75) is 46.1 Å². The molecule has 1 amide bonds. The highest BCUT2D eigenvalue weighted by Gasteiger charge is 2.32. The minimum Gasteiger partial charge on any atom is -0.481 e. The normalized spacial score (nSPS) is 13.2. The molecule has 0 fully saturated rings. The summed E-state index contributed by atoms with van der Waals surface area (Å²) in [6.07, 6.45) is 1.48. The van der Waals surface area contributed by atoms with Gasteiger partial charge in [-0.25, -0.2) is 4.79 Å². The third-order valence-electron chi connectivity index (χ3n) is 5.29. The lowest BCUT2D eigenvalue weighted by atomic mass is 9.85. The summed E-state index contributed by atoms with van der Waals surface area (Å²) >= 11 is 0. The van der Waals surface area contributed by atoms with Gasteiger partial charge in [-0.15, -0.1) is 0 Å². The van der Waals surface area contributed by atoms with Gasteiger partial charge in [0.15, 0.2) is 0 Å².